The topological polar surface area (TPSA) is 55.1 Å². The van der Waals surface area contributed by atoms with Gasteiger partial charge < -0.3 is 11.1 Å². The van der Waals surface area contributed by atoms with Crippen LogP contribution in [0.3, 0.4) is 0 Å². The molecular formula is C15H15BrN2O. The first-order chi connectivity index (χ1) is 9.06. The lowest BCUT2D eigenvalue weighted by molar-refractivity contribution is 0.0950. The summed E-state index contributed by atoms with van der Waals surface area (Å²) in [6, 6.07) is 13.1. The number of nitrogens with two attached hydrogens (primary N) is 1. The highest BCUT2D eigenvalue weighted by molar-refractivity contribution is 9.10. The molecule has 0 radical (unpaired) electrons. The third kappa shape index (κ3) is 3.58. The van der Waals surface area contributed by atoms with Crippen molar-refractivity contribution in [1.82, 2.24) is 5.32 Å². The van der Waals surface area contributed by atoms with E-state index in [2.05, 4.69) is 21.2 Å². The number of aryl methyl sites for hydroxylation is 1. The molecule has 4 heteroatoms. The van der Waals surface area contributed by atoms with E-state index < -0.39 is 0 Å². The molecule has 0 heterocycles. The average molecular weight is 319 g/mol. The van der Waals surface area contributed by atoms with E-state index in [1.807, 2.05) is 31.2 Å². The van der Waals surface area contributed by atoms with Crippen LogP contribution in [-0.4, -0.2) is 5.91 Å². The molecule has 98 valence electrons. The number of rotatable bonds is 3. The van der Waals surface area contributed by atoms with E-state index in [1.165, 1.54) is 0 Å². The summed E-state index contributed by atoms with van der Waals surface area (Å²) in [7, 11) is 0. The molecule has 0 saturated heterocycles. The number of carbonyl (C=O) groups is 1. The minimum atomic E-state index is -0.0857. The number of hydrogen-bond acceptors (Lipinski definition) is 2. The molecule has 1 amide bonds. The average Bonchev–Trinajstić information content (AvgIpc) is 2.36. The highest BCUT2D eigenvalue weighted by Gasteiger charge is 2.08. The van der Waals surface area contributed by atoms with Crippen LogP contribution in [0.2, 0.25) is 0 Å². The van der Waals surface area contributed by atoms with Gasteiger partial charge in [0.15, 0.2) is 0 Å². The van der Waals surface area contributed by atoms with Crippen LogP contribution in [0.1, 0.15) is 21.5 Å². The van der Waals surface area contributed by atoms with Crippen molar-refractivity contribution in [2.45, 2.75) is 13.5 Å². The lowest BCUT2D eigenvalue weighted by atomic mass is 10.1. The number of benzene rings is 2. The highest BCUT2D eigenvalue weighted by atomic mass is 79.9. The van der Waals surface area contributed by atoms with Crippen molar-refractivity contribution < 1.29 is 4.79 Å². The third-order valence-corrected chi connectivity index (χ3v) is 3.33. The molecular weight excluding hydrogens is 304 g/mol. The Kier molecular flexibility index (Phi) is 4.22. The van der Waals surface area contributed by atoms with Crippen molar-refractivity contribution in [1.29, 1.82) is 0 Å². The van der Waals surface area contributed by atoms with Gasteiger partial charge in [-0.1, -0.05) is 28.1 Å². The summed E-state index contributed by atoms with van der Waals surface area (Å²) in [6.45, 7) is 2.38. The van der Waals surface area contributed by atoms with Crippen LogP contribution in [0.5, 0.6) is 0 Å². The highest BCUT2D eigenvalue weighted by Crippen LogP contribution is 2.14. The summed E-state index contributed by atoms with van der Waals surface area (Å²) >= 11 is 3.41. The summed E-state index contributed by atoms with van der Waals surface area (Å²) in [5, 5.41) is 2.90. The fourth-order valence-corrected chi connectivity index (χ4v) is 2.31. The van der Waals surface area contributed by atoms with Gasteiger partial charge in [-0.25, -0.2) is 0 Å². The molecule has 2 aromatic carbocycles. The van der Waals surface area contributed by atoms with Crippen LogP contribution < -0.4 is 11.1 Å². The Morgan fingerprint density at radius 1 is 1.26 bits per heavy atom. The summed E-state index contributed by atoms with van der Waals surface area (Å²) in [5.74, 6) is -0.0857. The standard InChI is InChI=1S/C15H15BrN2O/c1-10-7-13(17)5-6-14(10)15(19)18-9-11-3-2-4-12(16)8-11/h2-8H,9,17H2,1H3,(H,18,19). The van der Waals surface area contributed by atoms with Gasteiger partial charge in [0.2, 0.25) is 0 Å². The fourth-order valence-electron chi connectivity index (χ4n) is 1.87. The smallest absolute Gasteiger partial charge is 0.251 e. The number of hydrogen-bond donors (Lipinski definition) is 2. The fraction of sp³-hybridized carbons (Fsp3) is 0.133. The molecule has 0 aliphatic heterocycles. The molecule has 0 fully saturated rings. The predicted octanol–water partition coefficient (Wildman–Crippen LogP) is 3.27. The summed E-state index contributed by atoms with van der Waals surface area (Å²) in [4.78, 5) is 12.1. The lowest BCUT2D eigenvalue weighted by Crippen LogP contribution is -2.23. The van der Waals surface area contributed by atoms with Crippen LogP contribution in [0, 0.1) is 6.92 Å². The van der Waals surface area contributed by atoms with Gasteiger partial charge in [-0.05, 0) is 48.4 Å². The zero-order chi connectivity index (χ0) is 13.8. The first kappa shape index (κ1) is 13.6. The van der Waals surface area contributed by atoms with E-state index in [0.29, 0.717) is 17.8 Å². The number of amides is 1. The van der Waals surface area contributed by atoms with Crippen molar-refractivity contribution in [2.75, 3.05) is 5.73 Å². The Balaban J connectivity index is 2.05. The minimum absolute atomic E-state index is 0.0857. The first-order valence-corrected chi connectivity index (χ1v) is 6.74. The second-order valence-electron chi connectivity index (χ2n) is 4.39. The van der Waals surface area contributed by atoms with Crippen LogP contribution in [0.25, 0.3) is 0 Å². The van der Waals surface area contributed by atoms with Crippen molar-refractivity contribution >= 4 is 27.5 Å². The van der Waals surface area contributed by atoms with Gasteiger partial charge in [-0.2, -0.15) is 0 Å². The van der Waals surface area contributed by atoms with Gasteiger partial charge in [-0.15, -0.1) is 0 Å². The molecule has 0 atom stereocenters. The Labute approximate surface area is 121 Å². The van der Waals surface area contributed by atoms with Crippen LogP contribution in [0.4, 0.5) is 5.69 Å². The zero-order valence-corrected chi connectivity index (χ0v) is 12.2. The maximum Gasteiger partial charge on any atom is 0.251 e. The number of carbonyl (C=O) groups excluding carboxylic acids is 1. The van der Waals surface area contributed by atoms with Crippen molar-refractivity contribution in [3.8, 4) is 0 Å². The van der Waals surface area contributed by atoms with Crippen LogP contribution in [0.15, 0.2) is 46.9 Å². The number of anilines is 1. The normalized spacial score (nSPS) is 10.2. The van der Waals surface area contributed by atoms with Gasteiger partial charge >= 0.3 is 0 Å². The van der Waals surface area contributed by atoms with Crippen molar-refractivity contribution in [3.63, 3.8) is 0 Å². The number of nitrogen functional groups attached to an aromatic ring is 1. The molecule has 2 aromatic rings. The Bertz CT molecular complexity index is 611. The Morgan fingerprint density at radius 3 is 2.74 bits per heavy atom. The monoisotopic (exact) mass is 318 g/mol. The minimum Gasteiger partial charge on any atom is -0.399 e. The summed E-state index contributed by atoms with van der Waals surface area (Å²) in [6.07, 6.45) is 0. The van der Waals surface area contributed by atoms with E-state index in [1.54, 1.807) is 18.2 Å². The zero-order valence-electron chi connectivity index (χ0n) is 10.6. The molecule has 2 rings (SSSR count). The number of nitrogens with one attached hydrogen (secondary N) is 1. The van der Waals surface area contributed by atoms with E-state index >= 15 is 0 Å². The van der Waals surface area contributed by atoms with Gasteiger partial charge in [-0.3, -0.25) is 4.79 Å². The van der Waals surface area contributed by atoms with Gasteiger partial charge in [0, 0.05) is 22.3 Å². The molecule has 0 saturated carbocycles. The number of halogens is 1. The van der Waals surface area contributed by atoms with Crippen LogP contribution in [-0.2, 0) is 6.54 Å². The molecule has 0 spiro atoms. The molecule has 0 bridgehead atoms. The molecule has 3 N–H and O–H groups in total. The summed E-state index contributed by atoms with van der Waals surface area (Å²) < 4.78 is 1.00. The molecule has 0 aliphatic rings. The Hall–Kier alpha value is -1.81. The summed E-state index contributed by atoms with van der Waals surface area (Å²) in [5.41, 5.74) is 8.93. The third-order valence-electron chi connectivity index (χ3n) is 2.84. The van der Waals surface area contributed by atoms with E-state index in [4.69, 9.17) is 5.73 Å². The van der Waals surface area contributed by atoms with Crippen molar-refractivity contribution in [2.24, 2.45) is 0 Å². The largest absolute Gasteiger partial charge is 0.399 e. The molecule has 19 heavy (non-hydrogen) atoms. The SMILES string of the molecule is Cc1cc(N)ccc1C(=O)NCc1cccc(Br)c1. The first-order valence-electron chi connectivity index (χ1n) is 5.95. The second-order valence-corrected chi connectivity index (χ2v) is 5.30. The van der Waals surface area contributed by atoms with Gasteiger partial charge in [0.1, 0.15) is 0 Å². The molecule has 0 unspecified atom stereocenters. The van der Waals surface area contributed by atoms with Crippen molar-refractivity contribution in [3.05, 3.63) is 63.6 Å². The quantitative estimate of drug-likeness (QED) is 0.853. The lowest BCUT2D eigenvalue weighted by Gasteiger charge is -2.08. The molecule has 0 aromatic heterocycles. The maximum atomic E-state index is 12.1. The maximum absolute atomic E-state index is 12.1. The van der Waals surface area contributed by atoms with E-state index in [0.717, 1.165) is 15.6 Å². The Morgan fingerprint density at radius 2 is 2.05 bits per heavy atom. The van der Waals surface area contributed by atoms with Gasteiger partial charge in [0.25, 0.3) is 5.91 Å². The molecule has 3 nitrogen and oxygen atoms in total. The van der Waals surface area contributed by atoms with E-state index in [9.17, 15) is 4.79 Å². The second kappa shape index (κ2) is 5.89. The predicted molar refractivity (Wildman–Crippen MR) is 80.9 cm³/mol. The van der Waals surface area contributed by atoms with Crippen LogP contribution >= 0.6 is 15.9 Å². The van der Waals surface area contributed by atoms with Gasteiger partial charge in [0.05, 0.1) is 0 Å². The van der Waals surface area contributed by atoms with E-state index in [-0.39, 0.29) is 5.91 Å². The molecule has 0 aliphatic carbocycles.